The Morgan fingerprint density at radius 2 is 2.04 bits per heavy atom. The van der Waals surface area contributed by atoms with Gasteiger partial charge in [-0.25, -0.2) is 8.78 Å². The average Bonchev–Trinajstić information content (AvgIpc) is 3.19. The van der Waals surface area contributed by atoms with Crippen molar-refractivity contribution in [2.75, 3.05) is 13.1 Å². The normalized spacial score (nSPS) is 20.0. The number of amides is 2. The first-order valence-electron chi connectivity index (χ1n) is 8.76. The fourth-order valence-corrected chi connectivity index (χ4v) is 3.83. The van der Waals surface area contributed by atoms with Crippen molar-refractivity contribution in [2.45, 2.75) is 31.3 Å². The first kappa shape index (κ1) is 22.3. The van der Waals surface area contributed by atoms with Gasteiger partial charge in [0.25, 0.3) is 5.91 Å². The fraction of sp³-hybridized carbons (Fsp3) is 0.368. The molecule has 3 rings (SSSR count). The summed E-state index contributed by atoms with van der Waals surface area (Å²) in [6.45, 7) is 2.85. The highest BCUT2D eigenvalue weighted by Crippen LogP contribution is 2.27. The van der Waals surface area contributed by atoms with Gasteiger partial charge < -0.3 is 16.0 Å². The van der Waals surface area contributed by atoms with Crippen LogP contribution in [-0.2, 0) is 4.79 Å². The van der Waals surface area contributed by atoms with Crippen molar-refractivity contribution in [1.82, 2.24) is 16.0 Å². The van der Waals surface area contributed by atoms with Crippen LogP contribution in [0.25, 0.3) is 0 Å². The van der Waals surface area contributed by atoms with Gasteiger partial charge in [0.2, 0.25) is 5.91 Å². The van der Waals surface area contributed by atoms with E-state index in [1.807, 2.05) is 0 Å². The van der Waals surface area contributed by atoms with Crippen LogP contribution < -0.4 is 16.0 Å². The van der Waals surface area contributed by atoms with Crippen molar-refractivity contribution in [3.8, 4) is 0 Å². The number of piperidine rings is 1. The Morgan fingerprint density at radius 3 is 2.71 bits per heavy atom. The van der Waals surface area contributed by atoms with Crippen LogP contribution >= 0.6 is 23.7 Å². The van der Waals surface area contributed by atoms with E-state index in [4.69, 9.17) is 0 Å². The predicted octanol–water partition coefficient (Wildman–Crippen LogP) is 2.83. The summed E-state index contributed by atoms with van der Waals surface area (Å²) in [5.74, 6) is -2.54. The van der Waals surface area contributed by atoms with E-state index in [1.165, 1.54) is 17.4 Å². The smallest absolute Gasteiger partial charge is 0.261 e. The topological polar surface area (TPSA) is 70.2 Å². The van der Waals surface area contributed by atoms with Crippen molar-refractivity contribution in [3.05, 3.63) is 57.8 Å². The number of thiophene rings is 1. The lowest BCUT2D eigenvalue weighted by atomic mass is 9.86. The Kier molecular flexibility index (Phi) is 7.91. The van der Waals surface area contributed by atoms with E-state index in [2.05, 4.69) is 16.0 Å². The number of halogens is 3. The fourth-order valence-electron chi connectivity index (χ4n) is 3.20. The van der Waals surface area contributed by atoms with Crippen LogP contribution in [0.15, 0.2) is 35.7 Å². The molecule has 3 N–H and O–H groups in total. The third kappa shape index (κ3) is 5.27. The number of benzene rings is 1. The van der Waals surface area contributed by atoms with Gasteiger partial charge >= 0.3 is 0 Å². The Morgan fingerprint density at radius 1 is 1.25 bits per heavy atom. The SMILES string of the molecule is CC(NC(=O)c1cccs1)C(=O)NC1CNCCC1c1ccc(F)c(F)c1.Cl. The molecule has 152 valence electrons. The van der Waals surface area contributed by atoms with Gasteiger partial charge in [0.05, 0.1) is 4.88 Å². The van der Waals surface area contributed by atoms with Crippen LogP contribution in [0.5, 0.6) is 0 Å². The molecule has 2 heterocycles. The summed E-state index contributed by atoms with van der Waals surface area (Å²) in [6.07, 6.45) is 0.686. The van der Waals surface area contributed by atoms with Crippen molar-refractivity contribution in [1.29, 1.82) is 0 Å². The highest BCUT2D eigenvalue weighted by atomic mass is 35.5. The van der Waals surface area contributed by atoms with E-state index in [9.17, 15) is 18.4 Å². The van der Waals surface area contributed by atoms with Gasteiger partial charge in [0.15, 0.2) is 11.6 Å². The standard InChI is InChI=1S/C19H21F2N3O2S.ClH/c1-11(23-19(26)17-3-2-8-27-17)18(25)24-16-10-22-7-6-13(16)12-4-5-14(20)15(21)9-12;/h2-5,8-9,11,13,16,22H,6-7,10H2,1H3,(H,23,26)(H,24,25);1H. The second-order valence-corrected chi connectivity index (χ2v) is 7.51. The minimum atomic E-state index is -0.896. The maximum absolute atomic E-state index is 13.6. The van der Waals surface area contributed by atoms with Crippen molar-refractivity contribution in [3.63, 3.8) is 0 Å². The second-order valence-electron chi connectivity index (χ2n) is 6.56. The molecule has 2 amide bonds. The molecule has 1 aromatic carbocycles. The molecule has 2 aromatic rings. The van der Waals surface area contributed by atoms with Gasteiger partial charge in [0.1, 0.15) is 6.04 Å². The van der Waals surface area contributed by atoms with E-state index in [1.54, 1.807) is 30.5 Å². The Bertz CT molecular complexity index is 820. The van der Waals surface area contributed by atoms with Gasteiger partial charge in [-0.15, -0.1) is 23.7 Å². The summed E-state index contributed by atoms with van der Waals surface area (Å²) in [7, 11) is 0. The molecule has 0 bridgehead atoms. The third-order valence-electron chi connectivity index (χ3n) is 4.67. The van der Waals surface area contributed by atoms with Gasteiger partial charge in [0, 0.05) is 18.5 Å². The molecule has 0 aliphatic carbocycles. The van der Waals surface area contributed by atoms with Crippen LogP contribution in [0.4, 0.5) is 8.78 Å². The number of hydrogen-bond donors (Lipinski definition) is 3. The molecule has 1 aliphatic rings. The predicted molar refractivity (Wildman–Crippen MR) is 107 cm³/mol. The lowest BCUT2D eigenvalue weighted by Crippen LogP contribution is -2.54. The second kappa shape index (κ2) is 9.95. The molecular formula is C19H22ClF2N3O2S. The van der Waals surface area contributed by atoms with E-state index in [-0.39, 0.29) is 36.2 Å². The number of nitrogens with one attached hydrogen (secondary N) is 3. The lowest BCUT2D eigenvalue weighted by molar-refractivity contribution is -0.123. The van der Waals surface area contributed by atoms with Crippen LogP contribution in [-0.4, -0.2) is 37.0 Å². The van der Waals surface area contributed by atoms with Crippen LogP contribution in [0.2, 0.25) is 0 Å². The van der Waals surface area contributed by atoms with Crippen molar-refractivity contribution < 1.29 is 18.4 Å². The molecule has 1 fully saturated rings. The molecule has 1 saturated heterocycles. The minimum absolute atomic E-state index is 0. The largest absolute Gasteiger partial charge is 0.350 e. The maximum atomic E-state index is 13.6. The summed E-state index contributed by atoms with van der Waals surface area (Å²) in [5.41, 5.74) is 0.649. The van der Waals surface area contributed by atoms with Gasteiger partial charge in [-0.2, -0.15) is 0 Å². The van der Waals surface area contributed by atoms with Crippen LogP contribution in [0, 0.1) is 11.6 Å². The highest BCUT2D eigenvalue weighted by molar-refractivity contribution is 7.12. The van der Waals surface area contributed by atoms with E-state index in [0.717, 1.165) is 12.6 Å². The van der Waals surface area contributed by atoms with E-state index < -0.39 is 17.7 Å². The van der Waals surface area contributed by atoms with Gasteiger partial charge in [-0.1, -0.05) is 12.1 Å². The maximum Gasteiger partial charge on any atom is 0.261 e. The number of rotatable bonds is 5. The summed E-state index contributed by atoms with van der Waals surface area (Å²) >= 11 is 1.30. The monoisotopic (exact) mass is 429 g/mol. The van der Waals surface area contributed by atoms with Crippen LogP contribution in [0.1, 0.15) is 34.5 Å². The molecule has 1 aliphatic heterocycles. The molecule has 9 heteroatoms. The molecule has 0 spiro atoms. The molecule has 1 aromatic heterocycles. The van der Waals surface area contributed by atoms with Crippen molar-refractivity contribution >= 4 is 35.6 Å². The van der Waals surface area contributed by atoms with Crippen molar-refractivity contribution in [2.24, 2.45) is 0 Å². The Labute approximate surface area is 172 Å². The summed E-state index contributed by atoms with van der Waals surface area (Å²) in [5, 5.41) is 10.6. The quantitative estimate of drug-likeness (QED) is 0.684. The Hall–Kier alpha value is -2.03. The summed E-state index contributed by atoms with van der Waals surface area (Å²) in [6, 6.07) is 6.31. The van der Waals surface area contributed by atoms with Gasteiger partial charge in [-0.3, -0.25) is 9.59 Å². The summed E-state index contributed by atoms with van der Waals surface area (Å²) in [4.78, 5) is 25.2. The molecule has 5 nitrogen and oxygen atoms in total. The highest BCUT2D eigenvalue weighted by Gasteiger charge is 2.30. The van der Waals surface area contributed by atoms with Crippen LogP contribution in [0.3, 0.4) is 0 Å². The molecule has 3 unspecified atom stereocenters. The number of carbonyl (C=O) groups excluding carboxylic acids is 2. The number of hydrogen-bond acceptors (Lipinski definition) is 4. The van der Waals surface area contributed by atoms with Gasteiger partial charge in [-0.05, 0) is 49.0 Å². The molecule has 0 saturated carbocycles. The number of carbonyl (C=O) groups is 2. The first-order chi connectivity index (χ1) is 13.0. The zero-order valence-electron chi connectivity index (χ0n) is 15.2. The molecular weight excluding hydrogens is 408 g/mol. The zero-order chi connectivity index (χ0) is 19.4. The minimum Gasteiger partial charge on any atom is -0.350 e. The zero-order valence-corrected chi connectivity index (χ0v) is 16.8. The van der Waals surface area contributed by atoms with E-state index >= 15 is 0 Å². The third-order valence-corrected chi connectivity index (χ3v) is 5.54. The molecule has 3 atom stereocenters. The van der Waals surface area contributed by atoms with E-state index in [0.29, 0.717) is 23.4 Å². The molecule has 28 heavy (non-hydrogen) atoms. The lowest BCUT2D eigenvalue weighted by Gasteiger charge is -2.34. The Balaban J connectivity index is 0.00000280. The average molecular weight is 430 g/mol. The first-order valence-corrected chi connectivity index (χ1v) is 9.64. The summed E-state index contributed by atoms with van der Waals surface area (Å²) < 4.78 is 26.8. The molecule has 0 radical (unpaired) electrons.